The van der Waals surface area contributed by atoms with Crippen molar-refractivity contribution >= 4 is 0 Å². The van der Waals surface area contributed by atoms with Crippen molar-refractivity contribution in [2.24, 2.45) is 5.92 Å². The molecule has 1 N–H and O–H groups in total. The minimum absolute atomic E-state index is 0.439. The van der Waals surface area contributed by atoms with Crippen molar-refractivity contribution in [2.45, 2.75) is 38.3 Å². The van der Waals surface area contributed by atoms with Gasteiger partial charge in [-0.1, -0.05) is 0 Å². The average Bonchev–Trinajstić information content (AvgIpc) is 2.73. The summed E-state index contributed by atoms with van der Waals surface area (Å²) in [5, 5.41) is 3.57. The maximum absolute atomic E-state index is 5.46. The molecule has 1 aliphatic carbocycles. The van der Waals surface area contributed by atoms with E-state index in [0.717, 1.165) is 12.5 Å². The van der Waals surface area contributed by atoms with E-state index in [4.69, 9.17) is 4.74 Å². The lowest BCUT2D eigenvalue weighted by atomic mass is 10.1. The van der Waals surface area contributed by atoms with Crippen LogP contribution < -0.4 is 5.32 Å². The van der Waals surface area contributed by atoms with Crippen LogP contribution in [0.1, 0.15) is 26.2 Å². The molecular weight excluding hydrogens is 138 g/mol. The molecule has 0 aromatic rings. The van der Waals surface area contributed by atoms with Crippen LogP contribution in [0.15, 0.2) is 0 Å². The van der Waals surface area contributed by atoms with E-state index >= 15 is 0 Å². The van der Waals surface area contributed by atoms with E-state index in [1.54, 1.807) is 0 Å². The number of hydrogen-bond donors (Lipinski definition) is 1. The summed E-state index contributed by atoms with van der Waals surface area (Å²) < 4.78 is 5.46. The van der Waals surface area contributed by atoms with E-state index in [1.165, 1.54) is 25.8 Å². The second kappa shape index (κ2) is 3.11. The van der Waals surface area contributed by atoms with Crippen LogP contribution in [0.2, 0.25) is 0 Å². The van der Waals surface area contributed by atoms with E-state index in [1.807, 2.05) is 0 Å². The van der Waals surface area contributed by atoms with Crippen molar-refractivity contribution in [1.82, 2.24) is 5.32 Å². The minimum atomic E-state index is 0.439. The highest BCUT2D eigenvalue weighted by Crippen LogP contribution is 2.28. The molecule has 0 amide bonds. The first-order valence-electron chi connectivity index (χ1n) is 4.71. The lowest BCUT2D eigenvalue weighted by molar-refractivity contribution is 0.113. The standard InChI is InChI=1S/C9H17NO/c1-7-9(4-5-11-7)10-6-8-2-3-8/h7-10H,2-6H2,1H3/t7-,9+/m0/s1. The molecule has 1 saturated heterocycles. The fourth-order valence-electron chi connectivity index (χ4n) is 1.64. The monoisotopic (exact) mass is 155 g/mol. The van der Waals surface area contributed by atoms with Crippen LogP contribution >= 0.6 is 0 Å². The zero-order valence-corrected chi connectivity index (χ0v) is 7.18. The summed E-state index contributed by atoms with van der Waals surface area (Å²) in [4.78, 5) is 0. The van der Waals surface area contributed by atoms with Gasteiger partial charge >= 0.3 is 0 Å². The van der Waals surface area contributed by atoms with Gasteiger partial charge in [0.1, 0.15) is 0 Å². The summed E-state index contributed by atoms with van der Waals surface area (Å²) in [5.41, 5.74) is 0. The van der Waals surface area contributed by atoms with Gasteiger partial charge in [0.15, 0.2) is 0 Å². The third-order valence-corrected chi connectivity index (χ3v) is 2.74. The smallest absolute Gasteiger partial charge is 0.0700 e. The molecule has 0 aromatic heterocycles. The molecule has 1 saturated carbocycles. The van der Waals surface area contributed by atoms with Gasteiger partial charge in [-0.05, 0) is 38.6 Å². The van der Waals surface area contributed by atoms with E-state index in [2.05, 4.69) is 12.2 Å². The fraction of sp³-hybridized carbons (Fsp3) is 1.00. The number of ether oxygens (including phenoxy) is 1. The maximum Gasteiger partial charge on any atom is 0.0700 e. The highest BCUT2D eigenvalue weighted by Gasteiger charge is 2.27. The molecule has 64 valence electrons. The Hall–Kier alpha value is -0.0800. The van der Waals surface area contributed by atoms with Crippen LogP contribution in [-0.2, 0) is 4.74 Å². The second-order valence-corrected chi connectivity index (χ2v) is 3.82. The van der Waals surface area contributed by atoms with Crippen molar-refractivity contribution in [3.8, 4) is 0 Å². The molecule has 2 heteroatoms. The van der Waals surface area contributed by atoms with Gasteiger partial charge in [0, 0.05) is 12.6 Å². The van der Waals surface area contributed by atoms with Crippen molar-refractivity contribution in [2.75, 3.05) is 13.2 Å². The van der Waals surface area contributed by atoms with Gasteiger partial charge in [0.25, 0.3) is 0 Å². The molecule has 2 rings (SSSR count). The molecule has 0 aromatic carbocycles. The molecule has 11 heavy (non-hydrogen) atoms. The van der Waals surface area contributed by atoms with Crippen molar-refractivity contribution in [3.63, 3.8) is 0 Å². The molecule has 0 spiro atoms. The normalized spacial score (nSPS) is 37.9. The van der Waals surface area contributed by atoms with Gasteiger partial charge in [-0.25, -0.2) is 0 Å². The third-order valence-electron chi connectivity index (χ3n) is 2.74. The molecule has 1 aliphatic heterocycles. The largest absolute Gasteiger partial charge is 0.377 e. The number of rotatable bonds is 3. The Morgan fingerprint density at radius 1 is 1.36 bits per heavy atom. The summed E-state index contributed by atoms with van der Waals surface area (Å²) >= 11 is 0. The minimum Gasteiger partial charge on any atom is -0.377 e. The van der Waals surface area contributed by atoms with Crippen LogP contribution in [0.25, 0.3) is 0 Å². The molecule has 0 radical (unpaired) electrons. The Labute approximate surface area is 68.3 Å². The molecule has 2 fully saturated rings. The molecule has 1 heterocycles. The maximum atomic E-state index is 5.46. The summed E-state index contributed by atoms with van der Waals surface area (Å²) in [7, 11) is 0. The summed E-state index contributed by atoms with van der Waals surface area (Å²) in [6.45, 7) is 4.33. The zero-order valence-electron chi connectivity index (χ0n) is 7.18. The predicted molar refractivity (Wildman–Crippen MR) is 44.5 cm³/mol. The Morgan fingerprint density at radius 2 is 2.18 bits per heavy atom. The molecular formula is C9H17NO. The highest BCUT2D eigenvalue weighted by molar-refractivity contribution is 4.83. The van der Waals surface area contributed by atoms with E-state index in [0.29, 0.717) is 12.1 Å². The fourth-order valence-corrected chi connectivity index (χ4v) is 1.64. The van der Waals surface area contributed by atoms with Crippen molar-refractivity contribution < 1.29 is 4.74 Å². The lowest BCUT2D eigenvalue weighted by Gasteiger charge is -2.15. The summed E-state index contributed by atoms with van der Waals surface area (Å²) in [6, 6.07) is 0.635. The molecule has 0 bridgehead atoms. The average molecular weight is 155 g/mol. The summed E-state index contributed by atoms with van der Waals surface area (Å²) in [5.74, 6) is 0.989. The highest BCUT2D eigenvalue weighted by atomic mass is 16.5. The first-order valence-corrected chi connectivity index (χ1v) is 4.71. The van der Waals surface area contributed by atoms with Crippen molar-refractivity contribution in [1.29, 1.82) is 0 Å². The van der Waals surface area contributed by atoms with Gasteiger partial charge in [-0.15, -0.1) is 0 Å². The Bertz CT molecular complexity index is 134. The Morgan fingerprint density at radius 3 is 2.73 bits per heavy atom. The predicted octanol–water partition coefficient (Wildman–Crippen LogP) is 1.16. The molecule has 2 atom stereocenters. The van der Waals surface area contributed by atoms with Gasteiger partial charge in [-0.3, -0.25) is 0 Å². The van der Waals surface area contributed by atoms with Crippen LogP contribution in [0.3, 0.4) is 0 Å². The van der Waals surface area contributed by atoms with E-state index in [9.17, 15) is 0 Å². The molecule has 0 unspecified atom stereocenters. The van der Waals surface area contributed by atoms with Crippen LogP contribution in [-0.4, -0.2) is 25.3 Å². The molecule has 2 nitrogen and oxygen atoms in total. The molecule has 2 aliphatic rings. The van der Waals surface area contributed by atoms with Gasteiger partial charge in [0.2, 0.25) is 0 Å². The SMILES string of the molecule is C[C@@H]1OCC[C@H]1NCC1CC1. The third kappa shape index (κ3) is 1.94. The first-order chi connectivity index (χ1) is 5.36. The lowest BCUT2D eigenvalue weighted by Crippen LogP contribution is -2.35. The first kappa shape index (κ1) is 7.56. The van der Waals surface area contributed by atoms with Gasteiger partial charge in [-0.2, -0.15) is 0 Å². The number of hydrogen-bond acceptors (Lipinski definition) is 2. The van der Waals surface area contributed by atoms with Gasteiger partial charge < -0.3 is 10.1 Å². The number of nitrogens with one attached hydrogen (secondary N) is 1. The van der Waals surface area contributed by atoms with Crippen LogP contribution in [0, 0.1) is 5.92 Å². The van der Waals surface area contributed by atoms with Crippen LogP contribution in [0.4, 0.5) is 0 Å². The second-order valence-electron chi connectivity index (χ2n) is 3.82. The van der Waals surface area contributed by atoms with E-state index < -0.39 is 0 Å². The Balaban J connectivity index is 1.67. The van der Waals surface area contributed by atoms with Crippen LogP contribution in [0.5, 0.6) is 0 Å². The zero-order chi connectivity index (χ0) is 7.68. The summed E-state index contributed by atoms with van der Waals surface area (Å²) in [6.07, 6.45) is 4.52. The van der Waals surface area contributed by atoms with Crippen molar-refractivity contribution in [3.05, 3.63) is 0 Å². The quantitative estimate of drug-likeness (QED) is 0.660. The van der Waals surface area contributed by atoms with E-state index in [-0.39, 0.29) is 0 Å². The van der Waals surface area contributed by atoms with Gasteiger partial charge in [0.05, 0.1) is 6.10 Å². The Kier molecular flexibility index (Phi) is 2.14. The topological polar surface area (TPSA) is 21.3 Å².